The van der Waals surface area contributed by atoms with Gasteiger partial charge in [-0.15, -0.1) is 11.3 Å². The number of hydrogen-bond acceptors (Lipinski definition) is 5. The number of carbonyl (C=O) groups is 1. The summed E-state index contributed by atoms with van der Waals surface area (Å²) in [6, 6.07) is 20.6. The molecule has 8 heteroatoms. The molecule has 1 saturated heterocycles. The minimum Gasteiger partial charge on any atom is -0.368 e. The molecule has 0 spiro atoms. The Bertz CT molecular complexity index is 1190. The van der Waals surface area contributed by atoms with Gasteiger partial charge in [0, 0.05) is 38.4 Å². The molecule has 0 radical (unpaired) electrons. The van der Waals surface area contributed by atoms with Gasteiger partial charge in [0.15, 0.2) is 0 Å². The van der Waals surface area contributed by atoms with Crippen molar-refractivity contribution in [2.45, 2.75) is 23.2 Å². The molecule has 0 saturated carbocycles. The van der Waals surface area contributed by atoms with E-state index in [0.29, 0.717) is 19.5 Å². The first-order valence-corrected chi connectivity index (χ1v) is 13.1. The molecule has 0 bridgehead atoms. The summed E-state index contributed by atoms with van der Waals surface area (Å²) in [6.45, 7) is 2.85. The second-order valence-electron chi connectivity index (χ2n) is 8.12. The first-order chi connectivity index (χ1) is 15.5. The van der Waals surface area contributed by atoms with Gasteiger partial charge in [-0.3, -0.25) is 4.79 Å². The minimum absolute atomic E-state index is 0.104. The summed E-state index contributed by atoms with van der Waals surface area (Å²) < 4.78 is 28.6. The highest BCUT2D eigenvalue weighted by atomic mass is 32.2. The molecular weight excluding hydrogens is 442 g/mol. The molecule has 2 aliphatic heterocycles. The first-order valence-electron chi connectivity index (χ1n) is 10.7. The fraction of sp³-hybridized carbons (Fsp3) is 0.292. The smallest absolute Gasteiger partial charge is 0.253 e. The lowest BCUT2D eigenvalue weighted by atomic mass is 9.95. The van der Waals surface area contributed by atoms with Crippen LogP contribution in [0.25, 0.3) is 0 Å². The third kappa shape index (κ3) is 3.94. The van der Waals surface area contributed by atoms with Crippen molar-refractivity contribution in [1.82, 2.24) is 9.21 Å². The van der Waals surface area contributed by atoms with Gasteiger partial charge < -0.3 is 9.80 Å². The van der Waals surface area contributed by atoms with Gasteiger partial charge in [0.2, 0.25) is 5.91 Å². The number of rotatable bonds is 4. The molecule has 1 unspecified atom stereocenters. The standard InChI is InChI=1S/C24H25N3O3S2/c28-24(26-14-12-25(13-15-26)21-9-2-1-3-10-21)22-17-19-7-4-5-8-20(19)18-27(22)32(29,30)23-11-6-16-31-23/h1-11,16,22H,12-15,17-18H2. The van der Waals surface area contributed by atoms with Crippen LogP contribution >= 0.6 is 11.3 Å². The van der Waals surface area contributed by atoms with E-state index in [1.807, 2.05) is 47.4 Å². The van der Waals surface area contributed by atoms with Crippen LogP contribution in [0.5, 0.6) is 0 Å². The molecule has 0 N–H and O–H groups in total. The highest BCUT2D eigenvalue weighted by Gasteiger charge is 2.42. The Morgan fingerprint density at radius 3 is 2.22 bits per heavy atom. The zero-order valence-electron chi connectivity index (χ0n) is 17.6. The first kappa shape index (κ1) is 21.2. The lowest BCUT2D eigenvalue weighted by Gasteiger charge is -2.41. The lowest BCUT2D eigenvalue weighted by molar-refractivity contribution is -0.136. The van der Waals surface area contributed by atoms with E-state index in [-0.39, 0.29) is 16.7 Å². The minimum atomic E-state index is -3.75. The molecule has 0 aliphatic carbocycles. The summed E-state index contributed by atoms with van der Waals surface area (Å²) >= 11 is 1.19. The summed E-state index contributed by atoms with van der Waals surface area (Å²) in [5.41, 5.74) is 3.16. The van der Waals surface area contributed by atoms with E-state index in [1.165, 1.54) is 15.6 Å². The summed E-state index contributed by atoms with van der Waals surface area (Å²) in [5.74, 6) is -0.104. The number of sulfonamides is 1. The number of nitrogens with zero attached hydrogens (tertiary/aromatic N) is 3. The molecular formula is C24H25N3O3S2. The van der Waals surface area contributed by atoms with Crippen molar-refractivity contribution in [3.8, 4) is 0 Å². The van der Waals surface area contributed by atoms with E-state index < -0.39 is 16.1 Å². The fourth-order valence-electron chi connectivity index (χ4n) is 4.52. The van der Waals surface area contributed by atoms with Crippen LogP contribution in [0, 0.1) is 0 Å². The second kappa shape index (κ2) is 8.69. The molecule has 3 aromatic rings. The van der Waals surface area contributed by atoms with Crippen molar-refractivity contribution in [1.29, 1.82) is 0 Å². The maximum absolute atomic E-state index is 13.6. The van der Waals surface area contributed by atoms with Crippen molar-refractivity contribution in [2.24, 2.45) is 0 Å². The van der Waals surface area contributed by atoms with E-state index >= 15 is 0 Å². The van der Waals surface area contributed by atoms with Crippen LogP contribution in [0.4, 0.5) is 5.69 Å². The van der Waals surface area contributed by atoms with Gasteiger partial charge in [0.1, 0.15) is 10.3 Å². The Kier molecular flexibility index (Phi) is 5.75. The fourth-order valence-corrected chi connectivity index (χ4v) is 7.20. The van der Waals surface area contributed by atoms with E-state index in [4.69, 9.17) is 0 Å². The molecule has 1 fully saturated rings. The maximum Gasteiger partial charge on any atom is 0.253 e. The zero-order valence-corrected chi connectivity index (χ0v) is 19.3. The average molecular weight is 468 g/mol. The molecule has 1 aromatic heterocycles. The number of piperazine rings is 1. The molecule has 5 rings (SSSR count). The van der Waals surface area contributed by atoms with Crippen molar-refractivity contribution < 1.29 is 13.2 Å². The molecule has 1 atom stereocenters. The lowest BCUT2D eigenvalue weighted by Crippen LogP contribution is -2.57. The molecule has 2 aliphatic rings. The Morgan fingerprint density at radius 1 is 0.844 bits per heavy atom. The average Bonchev–Trinajstić information content (AvgIpc) is 3.39. The van der Waals surface area contributed by atoms with Crippen molar-refractivity contribution in [2.75, 3.05) is 31.1 Å². The number of amides is 1. The number of fused-ring (bicyclic) bond motifs is 1. The number of benzene rings is 2. The van der Waals surface area contributed by atoms with E-state index in [9.17, 15) is 13.2 Å². The summed E-state index contributed by atoms with van der Waals surface area (Å²) in [7, 11) is -3.75. The Balaban J connectivity index is 1.39. The largest absolute Gasteiger partial charge is 0.368 e. The summed E-state index contributed by atoms with van der Waals surface area (Å²) in [6.07, 6.45) is 0.401. The van der Waals surface area contributed by atoms with Crippen LogP contribution in [0.2, 0.25) is 0 Å². The normalized spacial score (nSPS) is 19.6. The van der Waals surface area contributed by atoms with E-state index in [2.05, 4.69) is 17.0 Å². The van der Waals surface area contributed by atoms with Crippen LogP contribution in [-0.2, 0) is 27.8 Å². The van der Waals surface area contributed by atoms with Gasteiger partial charge in [-0.05, 0) is 41.1 Å². The Labute approximate surface area is 192 Å². The van der Waals surface area contributed by atoms with Crippen molar-refractivity contribution in [3.05, 3.63) is 83.2 Å². The van der Waals surface area contributed by atoms with Crippen LogP contribution in [0.1, 0.15) is 11.1 Å². The van der Waals surface area contributed by atoms with Gasteiger partial charge in [-0.1, -0.05) is 48.5 Å². The highest BCUT2D eigenvalue weighted by Crippen LogP contribution is 2.32. The quantitative estimate of drug-likeness (QED) is 0.591. The van der Waals surface area contributed by atoms with Crippen LogP contribution in [0.3, 0.4) is 0 Å². The van der Waals surface area contributed by atoms with Crippen molar-refractivity contribution >= 4 is 33.0 Å². The topological polar surface area (TPSA) is 60.9 Å². The SMILES string of the molecule is O=C(C1Cc2ccccc2CN1S(=O)(=O)c1cccs1)N1CCN(c2ccccc2)CC1. The number of anilines is 1. The zero-order chi connectivity index (χ0) is 22.1. The Hall–Kier alpha value is -2.68. The highest BCUT2D eigenvalue weighted by molar-refractivity contribution is 7.91. The molecule has 32 heavy (non-hydrogen) atoms. The van der Waals surface area contributed by atoms with Gasteiger partial charge in [-0.2, -0.15) is 4.31 Å². The number of carbonyl (C=O) groups excluding carboxylic acids is 1. The maximum atomic E-state index is 13.6. The molecule has 6 nitrogen and oxygen atoms in total. The van der Waals surface area contributed by atoms with Gasteiger partial charge in [0.25, 0.3) is 10.0 Å². The van der Waals surface area contributed by atoms with Crippen LogP contribution < -0.4 is 4.90 Å². The van der Waals surface area contributed by atoms with Crippen LogP contribution in [0.15, 0.2) is 76.3 Å². The second-order valence-corrected chi connectivity index (χ2v) is 11.2. The molecule has 1 amide bonds. The van der Waals surface area contributed by atoms with Gasteiger partial charge in [0.05, 0.1) is 0 Å². The van der Waals surface area contributed by atoms with Gasteiger partial charge in [-0.25, -0.2) is 8.42 Å². The van der Waals surface area contributed by atoms with Crippen LogP contribution in [-0.4, -0.2) is 55.8 Å². The predicted octanol–water partition coefficient (Wildman–Crippen LogP) is 3.21. The monoisotopic (exact) mass is 467 g/mol. The van der Waals surface area contributed by atoms with Crippen molar-refractivity contribution in [3.63, 3.8) is 0 Å². The molecule has 2 aromatic carbocycles. The third-order valence-electron chi connectivity index (χ3n) is 6.26. The van der Waals surface area contributed by atoms with E-state index in [0.717, 1.165) is 29.9 Å². The van der Waals surface area contributed by atoms with Gasteiger partial charge >= 0.3 is 0 Å². The van der Waals surface area contributed by atoms with E-state index in [1.54, 1.807) is 17.5 Å². The number of hydrogen-bond donors (Lipinski definition) is 0. The third-order valence-corrected chi connectivity index (χ3v) is 9.49. The number of para-hydroxylation sites is 1. The number of thiophene rings is 1. The molecule has 3 heterocycles. The predicted molar refractivity (Wildman–Crippen MR) is 126 cm³/mol. The molecule has 166 valence electrons. The summed E-state index contributed by atoms with van der Waals surface area (Å²) in [4.78, 5) is 17.7. The Morgan fingerprint density at radius 2 is 1.53 bits per heavy atom. The summed E-state index contributed by atoms with van der Waals surface area (Å²) in [5, 5.41) is 1.75.